The number of nitrogens with zero attached hydrogens (tertiary/aromatic N) is 1. The van der Waals surface area contributed by atoms with E-state index in [2.05, 4.69) is 0 Å². The lowest BCUT2D eigenvalue weighted by Gasteiger charge is -2.24. The van der Waals surface area contributed by atoms with Crippen molar-refractivity contribution >= 4 is 12.0 Å². The molecule has 0 bridgehead atoms. The van der Waals surface area contributed by atoms with Crippen LogP contribution in [-0.2, 0) is 9.53 Å². The summed E-state index contributed by atoms with van der Waals surface area (Å²) in [5, 5.41) is 10.3. The Labute approximate surface area is 121 Å². The fourth-order valence-corrected chi connectivity index (χ4v) is 1.50. The monoisotopic (exact) mass is 297 g/mol. The van der Waals surface area contributed by atoms with Gasteiger partial charge in [-0.1, -0.05) is 0 Å². The average molecular weight is 297 g/mol. The highest BCUT2D eigenvalue weighted by atomic mass is 19.1. The number of ether oxygens (including phenoxy) is 2. The number of hydrogen-bond donors (Lipinski definition) is 0. The van der Waals surface area contributed by atoms with E-state index in [0.29, 0.717) is 6.20 Å². The second kappa shape index (κ2) is 6.83. The first-order valence-electron chi connectivity index (χ1n) is 6.23. The summed E-state index contributed by atoms with van der Waals surface area (Å²) >= 11 is 0. The molecular weight excluding hydrogens is 281 g/mol. The molecule has 6 nitrogen and oxygen atoms in total. The van der Waals surface area contributed by atoms with Crippen LogP contribution in [0.2, 0.25) is 0 Å². The largest absolute Gasteiger partial charge is 0.476 e. The summed E-state index contributed by atoms with van der Waals surface area (Å²) in [5.74, 6) is -0.983. The van der Waals surface area contributed by atoms with Gasteiger partial charge in [-0.3, -0.25) is 10.1 Å². The predicted molar refractivity (Wildman–Crippen MR) is 73.8 cm³/mol. The normalized spacial score (nSPS) is 11.4. The molecule has 1 aromatic rings. The number of esters is 1. The molecule has 1 aromatic carbocycles. The van der Waals surface area contributed by atoms with Gasteiger partial charge in [-0.05, 0) is 39.0 Å². The van der Waals surface area contributed by atoms with Gasteiger partial charge in [-0.2, -0.15) is 0 Å². The Bertz CT molecular complexity index is 568. The summed E-state index contributed by atoms with van der Waals surface area (Å²) in [5.41, 5.74) is -1.26. The zero-order valence-corrected chi connectivity index (χ0v) is 12.0. The molecule has 0 radical (unpaired) electrons. The predicted octanol–water partition coefficient (Wildman–Crippen LogP) is 2.79. The highest BCUT2D eigenvalue weighted by molar-refractivity contribution is 5.79. The fraction of sp³-hybridized carbons (Fsp3) is 0.357. The molecule has 0 fully saturated rings. The van der Waals surface area contributed by atoms with Gasteiger partial charge in [-0.15, -0.1) is 0 Å². The maximum atomic E-state index is 13.5. The van der Waals surface area contributed by atoms with E-state index in [1.807, 2.05) is 0 Å². The Kier molecular flexibility index (Phi) is 5.40. The molecule has 0 unspecified atom stereocenters. The third-order valence-electron chi connectivity index (χ3n) is 2.48. The molecule has 0 heterocycles. The molecule has 0 saturated carbocycles. The minimum Gasteiger partial charge on any atom is -0.476 e. The summed E-state index contributed by atoms with van der Waals surface area (Å²) in [4.78, 5) is 21.3. The van der Waals surface area contributed by atoms with Crippen LogP contribution >= 0.6 is 0 Å². The van der Waals surface area contributed by atoms with E-state index in [1.165, 1.54) is 26.0 Å². The molecule has 0 aliphatic rings. The Morgan fingerprint density at radius 2 is 2.14 bits per heavy atom. The van der Waals surface area contributed by atoms with E-state index < -0.39 is 22.3 Å². The molecule has 114 valence electrons. The minimum absolute atomic E-state index is 0.0103. The van der Waals surface area contributed by atoms with Crippen molar-refractivity contribution in [3.63, 3.8) is 0 Å². The quantitative estimate of drug-likeness (QED) is 0.458. The van der Waals surface area contributed by atoms with Crippen LogP contribution in [0.25, 0.3) is 6.08 Å². The van der Waals surface area contributed by atoms with Crippen molar-refractivity contribution < 1.29 is 23.6 Å². The number of carbonyl (C=O) groups excluding carboxylic acids is 1. The van der Waals surface area contributed by atoms with Gasteiger partial charge in [0.25, 0.3) is 0 Å². The molecule has 21 heavy (non-hydrogen) atoms. The maximum Gasteiger partial charge on any atom is 0.349 e. The summed E-state index contributed by atoms with van der Waals surface area (Å²) in [6.07, 6.45) is 1.64. The number of hydrogen-bond acceptors (Lipinski definition) is 5. The Hall–Kier alpha value is -2.44. The van der Waals surface area contributed by atoms with Crippen molar-refractivity contribution in [2.75, 3.05) is 6.61 Å². The highest BCUT2D eigenvalue weighted by Gasteiger charge is 2.31. The van der Waals surface area contributed by atoms with Crippen LogP contribution in [0.5, 0.6) is 5.75 Å². The Morgan fingerprint density at radius 3 is 2.71 bits per heavy atom. The van der Waals surface area contributed by atoms with Crippen LogP contribution in [0.15, 0.2) is 24.4 Å². The van der Waals surface area contributed by atoms with Crippen molar-refractivity contribution in [1.82, 2.24) is 0 Å². The van der Waals surface area contributed by atoms with Crippen molar-refractivity contribution in [2.45, 2.75) is 26.4 Å². The molecule has 0 amide bonds. The fourth-order valence-electron chi connectivity index (χ4n) is 1.50. The van der Waals surface area contributed by atoms with Crippen LogP contribution in [0, 0.1) is 15.9 Å². The highest BCUT2D eigenvalue weighted by Crippen LogP contribution is 2.23. The van der Waals surface area contributed by atoms with Gasteiger partial charge >= 0.3 is 5.97 Å². The standard InChI is InChI=1S/C14H16FNO5/c1-4-20-13(17)14(2,3)21-11-5-6-12(15)10(9-11)7-8-16(18)19/h5-9H,4H2,1-3H3/b8-7+. The molecule has 0 aromatic heterocycles. The molecule has 1 rings (SSSR count). The van der Waals surface area contributed by atoms with Crippen molar-refractivity contribution in [3.05, 3.63) is 45.9 Å². The Morgan fingerprint density at radius 1 is 1.48 bits per heavy atom. The molecular formula is C14H16FNO5. The van der Waals surface area contributed by atoms with Gasteiger partial charge in [0.1, 0.15) is 11.6 Å². The van der Waals surface area contributed by atoms with Gasteiger partial charge in [0, 0.05) is 11.6 Å². The maximum absolute atomic E-state index is 13.5. The third kappa shape index (κ3) is 4.87. The average Bonchev–Trinajstić information content (AvgIpc) is 2.39. The topological polar surface area (TPSA) is 78.7 Å². The summed E-state index contributed by atoms with van der Waals surface area (Å²) in [6, 6.07) is 3.71. The van der Waals surface area contributed by atoms with E-state index in [4.69, 9.17) is 9.47 Å². The van der Waals surface area contributed by atoms with Crippen molar-refractivity contribution in [1.29, 1.82) is 0 Å². The lowest BCUT2D eigenvalue weighted by Crippen LogP contribution is -2.39. The summed E-state index contributed by atoms with van der Waals surface area (Å²) < 4.78 is 23.9. The van der Waals surface area contributed by atoms with E-state index in [-0.39, 0.29) is 17.9 Å². The number of halogens is 1. The third-order valence-corrected chi connectivity index (χ3v) is 2.48. The zero-order valence-electron chi connectivity index (χ0n) is 12.0. The van der Waals surface area contributed by atoms with Crippen molar-refractivity contribution in [2.24, 2.45) is 0 Å². The summed E-state index contributed by atoms with van der Waals surface area (Å²) in [7, 11) is 0. The van der Waals surface area contributed by atoms with Crippen LogP contribution in [0.1, 0.15) is 26.3 Å². The molecule has 0 aliphatic heterocycles. The van der Waals surface area contributed by atoms with Gasteiger partial charge in [0.2, 0.25) is 6.20 Å². The Balaban J connectivity index is 2.97. The van der Waals surface area contributed by atoms with E-state index in [9.17, 15) is 19.3 Å². The first-order chi connectivity index (χ1) is 9.76. The smallest absolute Gasteiger partial charge is 0.349 e. The first-order valence-corrected chi connectivity index (χ1v) is 6.23. The lowest BCUT2D eigenvalue weighted by molar-refractivity contribution is -0.400. The minimum atomic E-state index is -1.25. The van der Waals surface area contributed by atoms with Crippen LogP contribution in [0.4, 0.5) is 4.39 Å². The van der Waals surface area contributed by atoms with Gasteiger partial charge < -0.3 is 9.47 Å². The molecule has 0 saturated heterocycles. The first kappa shape index (κ1) is 16.6. The molecule has 0 atom stereocenters. The van der Waals surface area contributed by atoms with E-state index >= 15 is 0 Å². The van der Waals surface area contributed by atoms with Crippen molar-refractivity contribution in [3.8, 4) is 5.75 Å². The lowest BCUT2D eigenvalue weighted by atomic mass is 10.1. The second-order valence-electron chi connectivity index (χ2n) is 4.62. The van der Waals surface area contributed by atoms with E-state index in [1.54, 1.807) is 6.92 Å². The molecule has 0 spiro atoms. The molecule has 7 heteroatoms. The van der Waals surface area contributed by atoms with Crippen LogP contribution in [-0.4, -0.2) is 23.1 Å². The molecule has 0 aliphatic carbocycles. The number of carbonyl (C=O) groups is 1. The molecule has 0 N–H and O–H groups in total. The van der Waals surface area contributed by atoms with E-state index in [0.717, 1.165) is 12.1 Å². The number of nitro groups is 1. The van der Waals surface area contributed by atoms with Crippen LogP contribution in [0.3, 0.4) is 0 Å². The van der Waals surface area contributed by atoms with Gasteiger partial charge in [-0.25, -0.2) is 9.18 Å². The van der Waals surface area contributed by atoms with Crippen LogP contribution < -0.4 is 4.74 Å². The SMILES string of the molecule is CCOC(=O)C(C)(C)Oc1ccc(F)c(/C=C/[N+](=O)[O-])c1. The summed E-state index contributed by atoms with van der Waals surface area (Å²) in [6.45, 7) is 4.92. The van der Waals surface area contributed by atoms with Gasteiger partial charge in [0.05, 0.1) is 11.5 Å². The second-order valence-corrected chi connectivity index (χ2v) is 4.62. The number of benzene rings is 1. The number of rotatable bonds is 6. The van der Waals surface area contributed by atoms with Gasteiger partial charge in [0.15, 0.2) is 5.60 Å². The zero-order chi connectivity index (χ0) is 16.0.